The van der Waals surface area contributed by atoms with E-state index in [2.05, 4.69) is 5.32 Å². The molecule has 0 radical (unpaired) electrons. The molecule has 0 aromatic rings. The van der Waals surface area contributed by atoms with E-state index in [-0.39, 0.29) is 12.6 Å². The van der Waals surface area contributed by atoms with Gasteiger partial charge in [0.25, 0.3) is 0 Å². The van der Waals surface area contributed by atoms with E-state index in [4.69, 9.17) is 10.2 Å². The molecule has 1 rings (SSSR count). The number of aliphatic hydroxyl groups is 2. The van der Waals surface area contributed by atoms with Crippen molar-refractivity contribution >= 4 is 6.03 Å². The summed E-state index contributed by atoms with van der Waals surface area (Å²) in [5.41, 5.74) is 0. The van der Waals surface area contributed by atoms with E-state index in [0.29, 0.717) is 13.1 Å². The van der Waals surface area contributed by atoms with Crippen LogP contribution in [0.5, 0.6) is 0 Å². The van der Waals surface area contributed by atoms with Crippen LogP contribution in [0.4, 0.5) is 4.79 Å². The molecule has 1 fully saturated rings. The molecule has 0 aliphatic carbocycles. The fourth-order valence-electron chi connectivity index (χ4n) is 0.882. The van der Waals surface area contributed by atoms with Gasteiger partial charge in [-0.15, -0.1) is 0 Å². The molecule has 1 heterocycles. The molecule has 3 N–H and O–H groups in total. The predicted octanol–water partition coefficient (Wildman–Crippen LogP) is -1.68. The Balaban J connectivity index is 2.33. The van der Waals surface area contributed by atoms with Crippen LogP contribution in [0, 0.1) is 0 Å². The molecular weight excluding hydrogens is 136 g/mol. The lowest BCUT2D eigenvalue weighted by molar-refractivity contribution is -0.0520. The molecule has 10 heavy (non-hydrogen) atoms. The van der Waals surface area contributed by atoms with Crippen molar-refractivity contribution in [2.45, 2.75) is 6.29 Å². The van der Waals surface area contributed by atoms with Gasteiger partial charge in [-0.05, 0) is 0 Å². The van der Waals surface area contributed by atoms with Crippen LogP contribution in [0.1, 0.15) is 0 Å². The maximum atomic E-state index is 10.7. The van der Waals surface area contributed by atoms with Gasteiger partial charge in [-0.2, -0.15) is 0 Å². The van der Waals surface area contributed by atoms with E-state index in [0.717, 1.165) is 0 Å². The number of nitrogens with zero attached hydrogens (tertiary/aromatic N) is 1. The standard InChI is InChI=1S/C5H10N2O3/c8-4(9)3-7-2-1-6-5(7)10/h4,8-9H,1-3H2,(H,6,10). The third-order valence-corrected chi connectivity index (χ3v) is 1.33. The first-order valence-electron chi connectivity index (χ1n) is 3.09. The minimum atomic E-state index is -1.43. The van der Waals surface area contributed by atoms with Crippen LogP contribution in [0.2, 0.25) is 0 Å². The van der Waals surface area contributed by atoms with Crippen LogP contribution < -0.4 is 5.32 Å². The van der Waals surface area contributed by atoms with Gasteiger partial charge < -0.3 is 20.4 Å². The maximum absolute atomic E-state index is 10.7. The Kier molecular flexibility index (Phi) is 2.08. The van der Waals surface area contributed by atoms with Crippen molar-refractivity contribution in [1.82, 2.24) is 10.2 Å². The van der Waals surface area contributed by atoms with Crippen LogP contribution in [-0.4, -0.2) is 47.1 Å². The van der Waals surface area contributed by atoms with E-state index in [1.807, 2.05) is 0 Å². The molecule has 0 saturated carbocycles. The summed E-state index contributed by atoms with van der Waals surface area (Å²) in [4.78, 5) is 12.1. The average molecular weight is 146 g/mol. The molecule has 1 aliphatic rings. The van der Waals surface area contributed by atoms with Crippen LogP contribution in [-0.2, 0) is 0 Å². The van der Waals surface area contributed by atoms with Gasteiger partial charge in [0, 0.05) is 13.1 Å². The highest BCUT2D eigenvalue weighted by molar-refractivity contribution is 5.76. The number of urea groups is 1. The van der Waals surface area contributed by atoms with Crippen molar-refractivity contribution in [2.24, 2.45) is 0 Å². The van der Waals surface area contributed by atoms with Crippen molar-refractivity contribution in [3.05, 3.63) is 0 Å². The topological polar surface area (TPSA) is 72.8 Å². The van der Waals surface area contributed by atoms with E-state index in [1.165, 1.54) is 4.90 Å². The van der Waals surface area contributed by atoms with Gasteiger partial charge in [0.15, 0.2) is 6.29 Å². The molecule has 0 bridgehead atoms. The lowest BCUT2D eigenvalue weighted by Gasteiger charge is -2.14. The largest absolute Gasteiger partial charge is 0.367 e. The van der Waals surface area contributed by atoms with Crippen molar-refractivity contribution in [3.8, 4) is 0 Å². The highest BCUT2D eigenvalue weighted by Gasteiger charge is 2.20. The number of carbonyl (C=O) groups is 1. The van der Waals surface area contributed by atoms with Crippen molar-refractivity contribution in [2.75, 3.05) is 19.6 Å². The quantitative estimate of drug-likeness (QED) is 0.407. The number of aliphatic hydroxyl groups excluding tert-OH is 1. The third kappa shape index (κ3) is 1.58. The van der Waals surface area contributed by atoms with Crippen molar-refractivity contribution < 1.29 is 15.0 Å². The molecule has 1 aliphatic heterocycles. The minimum Gasteiger partial charge on any atom is -0.367 e. The Morgan fingerprint density at radius 2 is 2.40 bits per heavy atom. The van der Waals surface area contributed by atoms with Crippen LogP contribution in [0.15, 0.2) is 0 Å². The Bertz CT molecular complexity index is 137. The summed E-state index contributed by atoms with van der Waals surface area (Å²) in [7, 11) is 0. The van der Waals surface area contributed by atoms with E-state index >= 15 is 0 Å². The second kappa shape index (κ2) is 2.85. The second-order valence-electron chi connectivity index (χ2n) is 2.16. The molecule has 0 atom stereocenters. The molecule has 2 amide bonds. The highest BCUT2D eigenvalue weighted by Crippen LogP contribution is 1.96. The number of carbonyl (C=O) groups excluding carboxylic acids is 1. The van der Waals surface area contributed by atoms with Crippen LogP contribution >= 0.6 is 0 Å². The van der Waals surface area contributed by atoms with Gasteiger partial charge in [-0.25, -0.2) is 4.79 Å². The fourth-order valence-corrected chi connectivity index (χ4v) is 0.882. The summed E-state index contributed by atoms with van der Waals surface area (Å²) in [6.07, 6.45) is -1.43. The number of hydrogen-bond acceptors (Lipinski definition) is 3. The molecule has 1 saturated heterocycles. The molecule has 0 unspecified atom stereocenters. The zero-order valence-electron chi connectivity index (χ0n) is 5.45. The molecule has 0 aromatic heterocycles. The van der Waals surface area contributed by atoms with Gasteiger partial charge in [0.05, 0.1) is 6.54 Å². The first-order valence-corrected chi connectivity index (χ1v) is 3.09. The van der Waals surface area contributed by atoms with Gasteiger partial charge in [0.1, 0.15) is 0 Å². The second-order valence-corrected chi connectivity index (χ2v) is 2.16. The summed E-state index contributed by atoms with van der Waals surface area (Å²) in [5, 5.41) is 19.5. The van der Waals surface area contributed by atoms with Crippen molar-refractivity contribution in [1.29, 1.82) is 0 Å². The smallest absolute Gasteiger partial charge is 0.317 e. The van der Waals surface area contributed by atoms with Gasteiger partial charge in [-0.1, -0.05) is 0 Å². The Labute approximate surface area is 58.3 Å². The normalized spacial score (nSPS) is 18.3. The maximum Gasteiger partial charge on any atom is 0.317 e. The lowest BCUT2D eigenvalue weighted by atomic mass is 10.5. The van der Waals surface area contributed by atoms with Gasteiger partial charge in [-0.3, -0.25) is 0 Å². The summed E-state index contributed by atoms with van der Waals surface area (Å²) >= 11 is 0. The fraction of sp³-hybridized carbons (Fsp3) is 0.800. The molecule has 0 spiro atoms. The van der Waals surface area contributed by atoms with Crippen LogP contribution in [0.3, 0.4) is 0 Å². The average Bonchev–Trinajstić information content (AvgIpc) is 2.15. The summed E-state index contributed by atoms with van der Waals surface area (Å²) in [6, 6.07) is -0.229. The number of amides is 2. The summed E-state index contributed by atoms with van der Waals surface area (Å²) in [6.45, 7) is 1.13. The summed E-state index contributed by atoms with van der Waals surface area (Å²) in [5.74, 6) is 0. The number of nitrogens with one attached hydrogen (secondary N) is 1. The first-order chi connectivity index (χ1) is 4.70. The lowest BCUT2D eigenvalue weighted by Crippen LogP contribution is -2.34. The number of β-amino-alcohol motifs (C(OH)–C–C–N with tert-alkyl or cyclic N) is 2. The Morgan fingerprint density at radius 1 is 1.70 bits per heavy atom. The molecule has 58 valence electrons. The van der Waals surface area contributed by atoms with E-state index < -0.39 is 6.29 Å². The highest BCUT2D eigenvalue weighted by atomic mass is 16.5. The minimum absolute atomic E-state index is 0.00810. The van der Waals surface area contributed by atoms with E-state index in [9.17, 15) is 4.79 Å². The zero-order valence-corrected chi connectivity index (χ0v) is 5.45. The molecule has 0 aromatic carbocycles. The monoisotopic (exact) mass is 146 g/mol. The predicted molar refractivity (Wildman–Crippen MR) is 33.2 cm³/mol. The summed E-state index contributed by atoms with van der Waals surface area (Å²) < 4.78 is 0. The number of hydrogen-bond donors (Lipinski definition) is 3. The van der Waals surface area contributed by atoms with Crippen molar-refractivity contribution in [3.63, 3.8) is 0 Å². The Hall–Kier alpha value is -0.810. The van der Waals surface area contributed by atoms with Gasteiger partial charge in [0.2, 0.25) is 0 Å². The zero-order chi connectivity index (χ0) is 7.56. The molecule has 5 nitrogen and oxygen atoms in total. The first kappa shape index (κ1) is 7.30. The van der Waals surface area contributed by atoms with E-state index in [1.54, 1.807) is 0 Å². The number of rotatable bonds is 2. The van der Waals surface area contributed by atoms with Crippen LogP contribution in [0.25, 0.3) is 0 Å². The third-order valence-electron chi connectivity index (χ3n) is 1.33. The van der Waals surface area contributed by atoms with Gasteiger partial charge >= 0.3 is 6.03 Å². The SMILES string of the molecule is O=C1NCCN1CC(O)O. The molecule has 5 heteroatoms. The Morgan fingerprint density at radius 3 is 2.80 bits per heavy atom. The molecular formula is C5H10N2O3.